The van der Waals surface area contributed by atoms with Crippen molar-refractivity contribution in [2.75, 3.05) is 10.6 Å². The van der Waals surface area contributed by atoms with Crippen LogP contribution in [0.3, 0.4) is 0 Å². The van der Waals surface area contributed by atoms with Crippen molar-refractivity contribution in [3.05, 3.63) is 66.0 Å². The summed E-state index contributed by atoms with van der Waals surface area (Å²) < 4.78 is 4.71. The molecule has 8 heteroatoms. The molecule has 0 bridgehead atoms. The largest absolute Gasteiger partial charge is 0.363 e. The number of benzene rings is 1. The van der Waals surface area contributed by atoms with Crippen LogP contribution in [-0.2, 0) is 13.1 Å². The Morgan fingerprint density at radius 1 is 0.760 bits per heavy atom. The first kappa shape index (κ1) is 15.0. The summed E-state index contributed by atoms with van der Waals surface area (Å²) >= 11 is 0. The molecule has 0 amide bonds. The molecule has 124 valence electrons. The fraction of sp³-hybridized carbons (Fsp3) is 0.118. The fourth-order valence-electron chi connectivity index (χ4n) is 2.34. The van der Waals surface area contributed by atoms with Gasteiger partial charge < -0.3 is 10.6 Å². The molecule has 0 spiro atoms. The van der Waals surface area contributed by atoms with Gasteiger partial charge in [-0.3, -0.25) is 4.98 Å². The lowest BCUT2D eigenvalue weighted by Crippen LogP contribution is -2.10. The van der Waals surface area contributed by atoms with Crippen LogP contribution >= 0.6 is 0 Å². The van der Waals surface area contributed by atoms with Crippen molar-refractivity contribution in [3.63, 3.8) is 0 Å². The van der Waals surface area contributed by atoms with Crippen LogP contribution in [0.2, 0.25) is 0 Å². The molecule has 0 unspecified atom stereocenters. The van der Waals surface area contributed by atoms with Crippen molar-refractivity contribution in [2.24, 2.45) is 0 Å². The molecule has 0 aliphatic carbocycles. The van der Waals surface area contributed by atoms with Gasteiger partial charge in [-0.15, -0.1) is 0 Å². The van der Waals surface area contributed by atoms with Crippen molar-refractivity contribution in [1.82, 2.24) is 25.3 Å². The highest BCUT2D eigenvalue weighted by Gasteiger charge is 2.12. The summed E-state index contributed by atoms with van der Waals surface area (Å²) in [6.45, 7) is 1.14. The van der Waals surface area contributed by atoms with E-state index in [2.05, 4.69) is 35.9 Å². The molecule has 2 N–H and O–H groups in total. The Bertz CT molecular complexity index is 879. The Morgan fingerprint density at radius 3 is 2.12 bits per heavy atom. The second-order valence-corrected chi connectivity index (χ2v) is 5.35. The number of nitrogens with zero attached hydrogens (tertiary/aromatic N) is 5. The van der Waals surface area contributed by atoms with Crippen molar-refractivity contribution in [3.8, 4) is 0 Å². The van der Waals surface area contributed by atoms with Crippen LogP contribution in [-0.4, -0.2) is 25.3 Å². The number of pyridine rings is 1. The second kappa shape index (κ2) is 6.91. The average molecular weight is 333 g/mol. The molecule has 0 aliphatic rings. The van der Waals surface area contributed by atoms with Gasteiger partial charge in [-0.1, -0.05) is 36.4 Å². The molecule has 1 aromatic carbocycles. The smallest absolute Gasteiger partial charge is 0.245 e. The van der Waals surface area contributed by atoms with Gasteiger partial charge in [-0.2, -0.15) is 0 Å². The summed E-state index contributed by atoms with van der Waals surface area (Å²) in [5.41, 5.74) is 2.75. The van der Waals surface area contributed by atoms with E-state index in [0.29, 0.717) is 36.0 Å². The number of aromatic nitrogens is 5. The van der Waals surface area contributed by atoms with Gasteiger partial charge in [0.2, 0.25) is 11.3 Å². The standard InChI is InChI=1S/C17H15N7O/c1-2-6-12(7-3-1)10-19-14-15(20-11-13-8-4-5-9-18-13)22-17-16(21-14)23-25-24-17/h1-9H,10-11H2,(H,19,21,23)(H,20,22,24). The van der Waals surface area contributed by atoms with Gasteiger partial charge in [0.05, 0.1) is 12.2 Å². The molecule has 3 heterocycles. The van der Waals surface area contributed by atoms with Crippen LogP contribution in [0.25, 0.3) is 11.3 Å². The molecule has 0 saturated heterocycles. The van der Waals surface area contributed by atoms with E-state index in [1.54, 1.807) is 6.20 Å². The Labute approximate surface area is 143 Å². The van der Waals surface area contributed by atoms with E-state index in [4.69, 9.17) is 4.63 Å². The van der Waals surface area contributed by atoms with Gasteiger partial charge >= 0.3 is 0 Å². The molecule has 0 atom stereocenters. The number of fused-ring (bicyclic) bond motifs is 1. The highest BCUT2D eigenvalue weighted by molar-refractivity contribution is 5.73. The van der Waals surface area contributed by atoms with Crippen molar-refractivity contribution in [1.29, 1.82) is 0 Å². The first-order valence-corrected chi connectivity index (χ1v) is 7.80. The number of hydrogen-bond donors (Lipinski definition) is 2. The van der Waals surface area contributed by atoms with Crippen LogP contribution in [0, 0.1) is 0 Å². The van der Waals surface area contributed by atoms with E-state index in [-0.39, 0.29) is 0 Å². The van der Waals surface area contributed by atoms with Gasteiger partial charge in [-0.05, 0) is 28.0 Å². The monoisotopic (exact) mass is 333 g/mol. The van der Waals surface area contributed by atoms with Crippen LogP contribution in [0.15, 0.2) is 59.4 Å². The zero-order chi connectivity index (χ0) is 16.9. The summed E-state index contributed by atoms with van der Waals surface area (Å²) in [5, 5.41) is 14.0. The lowest BCUT2D eigenvalue weighted by atomic mass is 10.2. The van der Waals surface area contributed by atoms with E-state index >= 15 is 0 Å². The maximum Gasteiger partial charge on any atom is 0.245 e. The Hall–Kier alpha value is -3.55. The molecule has 0 fully saturated rings. The van der Waals surface area contributed by atoms with Crippen LogP contribution in [0.1, 0.15) is 11.3 Å². The van der Waals surface area contributed by atoms with E-state index in [1.807, 2.05) is 48.5 Å². The SMILES string of the molecule is c1ccc(CNc2nc3nonc3nc2NCc2ccccn2)cc1. The first-order chi connectivity index (χ1) is 12.4. The third kappa shape index (κ3) is 3.52. The van der Waals surface area contributed by atoms with Crippen molar-refractivity contribution >= 4 is 22.9 Å². The highest BCUT2D eigenvalue weighted by Crippen LogP contribution is 2.20. The molecule has 25 heavy (non-hydrogen) atoms. The van der Waals surface area contributed by atoms with E-state index < -0.39 is 0 Å². The number of rotatable bonds is 6. The van der Waals surface area contributed by atoms with Crippen LogP contribution < -0.4 is 10.6 Å². The minimum atomic E-state index is 0.355. The average Bonchev–Trinajstić information content (AvgIpc) is 3.13. The molecule has 0 aliphatic heterocycles. The molecule has 0 radical (unpaired) electrons. The third-order valence-electron chi connectivity index (χ3n) is 3.58. The van der Waals surface area contributed by atoms with Gasteiger partial charge in [-0.25, -0.2) is 14.6 Å². The third-order valence-corrected chi connectivity index (χ3v) is 3.58. The molecule has 0 saturated carbocycles. The quantitative estimate of drug-likeness (QED) is 0.555. The Balaban J connectivity index is 1.57. The van der Waals surface area contributed by atoms with Gasteiger partial charge in [0.25, 0.3) is 0 Å². The number of hydrogen-bond acceptors (Lipinski definition) is 8. The Kier molecular flexibility index (Phi) is 4.15. The summed E-state index contributed by atoms with van der Waals surface area (Å²) in [6.07, 6.45) is 1.75. The predicted molar refractivity (Wildman–Crippen MR) is 92.7 cm³/mol. The van der Waals surface area contributed by atoms with E-state index in [9.17, 15) is 0 Å². The maximum atomic E-state index is 4.71. The minimum absolute atomic E-state index is 0.355. The molecule has 4 aromatic rings. The zero-order valence-corrected chi connectivity index (χ0v) is 13.3. The van der Waals surface area contributed by atoms with Crippen molar-refractivity contribution < 1.29 is 4.63 Å². The molecular formula is C17H15N7O. The predicted octanol–water partition coefficient (Wildman–Crippen LogP) is 2.63. The molecular weight excluding hydrogens is 318 g/mol. The molecule has 4 rings (SSSR count). The normalized spacial score (nSPS) is 10.7. The lowest BCUT2D eigenvalue weighted by Gasteiger charge is -2.11. The second-order valence-electron chi connectivity index (χ2n) is 5.35. The summed E-state index contributed by atoms with van der Waals surface area (Å²) in [4.78, 5) is 13.2. The van der Waals surface area contributed by atoms with Gasteiger partial charge in [0, 0.05) is 12.7 Å². The molecule has 8 nitrogen and oxygen atoms in total. The van der Waals surface area contributed by atoms with Crippen LogP contribution in [0.5, 0.6) is 0 Å². The summed E-state index contributed by atoms with van der Waals surface area (Å²) in [7, 11) is 0. The van der Waals surface area contributed by atoms with Crippen LogP contribution in [0.4, 0.5) is 11.6 Å². The van der Waals surface area contributed by atoms with Gasteiger partial charge in [0.1, 0.15) is 0 Å². The molecule has 3 aromatic heterocycles. The Morgan fingerprint density at radius 2 is 1.44 bits per heavy atom. The fourth-order valence-corrected chi connectivity index (χ4v) is 2.34. The van der Waals surface area contributed by atoms with E-state index in [0.717, 1.165) is 11.3 Å². The minimum Gasteiger partial charge on any atom is -0.363 e. The zero-order valence-electron chi connectivity index (χ0n) is 13.3. The van der Waals surface area contributed by atoms with Gasteiger partial charge in [0.15, 0.2) is 11.6 Å². The maximum absolute atomic E-state index is 4.71. The topological polar surface area (TPSA) is 102 Å². The summed E-state index contributed by atoms with van der Waals surface area (Å²) in [5.74, 6) is 1.16. The summed E-state index contributed by atoms with van der Waals surface area (Å²) in [6, 6.07) is 15.8. The lowest BCUT2D eigenvalue weighted by molar-refractivity contribution is 0.314. The number of anilines is 2. The van der Waals surface area contributed by atoms with Crippen molar-refractivity contribution in [2.45, 2.75) is 13.1 Å². The number of nitrogens with one attached hydrogen (secondary N) is 2. The first-order valence-electron chi connectivity index (χ1n) is 7.80. The highest BCUT2D eigenvalue weighted by atomic mass is 16.6. The van der Waals surface area contributed by atoms with E-state index in [1.165, 1.54) is 0 Å².